The molecule has 1 aliphatic carbocycles. The molecule has 0 spiro atoms. The summed E-state index contributed by atoms with van der Waals surface area (Å²) in [5.74, 6) is 1.06. The van der Waals surface area contributed by atoms with Gasteiger partial charge in [-0.15, -0.1) is 6.58 Å². The van der Waals surface area contributed by atoms with Gasteiger partial charge in [-0.2, -0.15) is 0 Å². The molecule has 4 nitrogen and oxygen atoms in total. The molecule has 0 radical (unpaired) electrons. The zero-order chi connectivity index (χ0) is 21.0. The van der Waals surface area contributed by atoms with Gasteiger partial charge in [-0.3, -0.25) is 4.79 Å². The molecule has 0 saturated heterocycles. The van der Waals surface area contributed by atoms with Gasteiger partial charge in [0.1, 0.15) is 11.5 Å². The van der Waals surface area contributed by atoms with Gasteiger partial charge in [0.05, 0.1) is 16.7 Å². The van der Waals surface area contributed by atoms with E-state index in [1.807, 2.05) is 6.92 Å². The third-order valence-corrected chi connectivity index (χ3v) is 6.11. The largest absolute Gasteiger partial charge is 0.456 e. The standard InChI is InChI=1S/C23H25Cl2NO3/c1-3-20(16-11-12-23(28,4-2)14-16)26-22(27)15-5-8-18(9-6-15)29-21-10-7-17(24)13-19(21)25/h3,5-10,13,16,20,28H,1,4,11-12,14H2,2H3,(H,26,27). The Morgan fingerprint density at radius 3 is 2.66 bits per heavy atom. The third-order valence-electron chi connectivity index (χ3n) is 5.58. The Morgan fingerprint density at radius 2 is 2.07 bits per heavy atom. The first kappa shape index (κ1) is 21.7. The summed E-state index contributed by atoms with van der Waals surface area (Å²) >= 11 is 12.0. The number of aliphatic hydroxyl groups is 1. The Hall–Kier alpha value is -2.01. The number of halogens is 2. The zero-order valence-corrected chi connectivity index (χ0v) is 17.8. The van der Waals surface area contributed by atoms with Gasteiger partial charge in [0.25, 0.3) is 5.91 Å². The van der Waals surface area contributed by atoms with Crippen molar-refractivity contribution in [3.63, 3.8) is 0 Å². The maximum atomic E-state index is 12.7. The SMILES string of the molecule is C=CC(NC(=O)c1ccc(Oc2ccc(Cl)cc2Cl)cc1)C1CCC(O)(CC)C1. The number of amides is 1. The van der Waals surface area contributed by atoms with Crippen molar-refractivity contribution in [1.82, 2.24) is 5.32 Å². The van der Waals surface area contributed by atoms with E-state index in [0.717, 1.165) is 19.3 Å². The molecule has 2 aromatic rings. The predicted octanol–water partition coefficient (Wildman–Crippen LogP) is 6.01. The number of ether oxygens (including phenoxy) is 1. The molecule has 29 heavy (non-hydrogen) atoms. The van der Waals surface area contributed by atoms with Crippen LogP contribution in [0, 0.1) is 5.92 Å². The number of carbonyl (C=O) groups is 1. The highest BCUT2D eigenvalue weighted by atomic mass is 35.5. The van der Waals surface area contributed by atoms with Gasteiger partial charge in [0.2, 0.25) is 0 Å². The fourth-order valence-corrected chi connectivity index (χ4v) is 4.18. The minimum atomic E-state index is -0.626. The monoisotopic (exact) mass is 433 g/mol. The molecule has 1 aliphatic rings. The van der Waals surface area contributed by atoms with Crippen LogP contribution in [0.15, 0.2) is 55.1 Å². The number of benzene rings is 2. The first-order valence-corrected chi connectivity index (χ1v) is 10.5. The maximum absolute atomic E-state index is 12.7. The second-order valence-electron chi connectivity index (χ2n) is 7.52. The first-order valence-electron chi connectivity index (χ1n) is 9.72. The van der Waals surface area contributed by atoms with Crippen LogP contribution in [-0.4, -0.2) is 22.7 Å². The molecule has 3 unspecified atom stereocenters. The predicted molar refractivity (Wildman–Crippen MR) is 117 cm³/mol. The molecule has 0 bridgehead atoms. The van der Waals surface area contributed by atoms with Crippen LogP contribution in [0.25, 0.3) is 0 Å². The Morgan fingerprint density at radius 1 is 1.34 bits per heavy atom. The van der Waals surface area contributed by atoms with E-state index in [1.165, 1.54) is 0 Å². The molecular weight excluding hydrogens is 409 g/mol. The summed E-state index contributed by atoms with van der Waals surface area (Å²) in [7, 11) is 0. The summed E-state index contributed by atoms with van der Waals surface area (Å²) in [4.78, 5) is 12.7. The van der Waals surface area contributed by atoms with E-state index in [2.05, 4.69) is 11.9 Å². The van der Waals surface area contributed by atoms with E-state index in [1.54, 1.807) is 48.5 Å². The molecule has 3 rings (SSSR count). The highest BCUT2D eigenvalue weighted by molar-refractivity contribution is 6.35. The molecule has 1 fully saturated rings. The second kappa shape index (κ2) is 9.21. The Balaban J connectivity index is 1.63. The van der Waals surface area contributed by atoms with Crippen molar-refractivity contribution in [2.45, 2.75) is 44.2 Å². The Bertz CT molecular complexity index is 884. The second-order valence-corrected chi connectivity index (χ2v) is 8.36. The van der Waals surface area contributed by atoms with Crippen molar-refractivity contribution in [2.75, 3.05) is 0 Å². The lowest BCUT2D eigenvalue weighted by atomic mass is 9.93. The van der Waals surface area contributed by atoms with Gasteiger partial charge in [-0.05, 0) is 74.1 Å². The third kappa shape index (κ3) is 5.33. The summed E-state index contributed by atoms with van der Waals surface area (Å²) in [6, 6.07) is 11.7. The minimum absolute atomic E-state index is 0.174. The highest BCUT2D eigenvalue weighted by Gasteiger charge is 2.38. The van der Waals surface area contributed by atoms with Crippen molar-refractivity contribution in [3.05, 3.63) is 70.7 Å². The fraction of sp³-hybridized carbons (Fsp3) is 0.348. The lowest BCUT2D eigenvalue weighted by Gasteiger charge is -2.24. The van der Waals surface area contributed by atoms with Crippen molar-refractivity contribution in [1.29, 1.82) is 0 Å². The van der Waals surface area contributed by atoms with Crippen LogP contribution in [0.4, 0.5) is 0 Å². The average Bonchev–Trinajstić information content (AvgIpc) is 3.11. The van der Waals surface area contributed by atoms with Gasteiger partial charge in [0, 0.05) is 10.6 Å². The molecule has 0 heterocycles. The van der Waals surface area contributed by atoms with Gasteiger partial charge < -0.3 is 15.2 Å². The van der Waals surface area contributed by atoms with Crippen molar-refractivity contribution in [3.8, 4) is 11.5 Å². The molecule has 3 atom stereocenters. The average molecular weight is 434 g/mol. The van der Waals surface area contributed by atoms with E-state index in [9.17, 15) is 9.90 Å². The van der Waals surface area contributed by atoms with Crippen LogP contribution in [-0.2, 0) is 0 Å². The van der Waals surface area contributed by atoms with Gasteiger partial charge >= 0.3 is 0 Å². The summed E-state index contributed by atoms with van der Waals surface area (Å²) in [6.07, 6.45) is 4.78. The summed E-state index contributed by atoms with van der Waals surface area (Å²) < 4.78 is 5.75. The fourth-order valence-electron chi connectivity index (χ4n) is 3.74. The molecule has 6 heteroatoms. The van der Waals surface area contributed by atoms with Crippen LogP contribution < -0.4 is 10.1 Å². The number of rotatable bonds is 7. The molecule has 154 valence electrons. The highest BCUT2D eigenvalue weighted by Crippen LogP contribution is 2.38. The van der Waals surface area contributed by atoms with Crippen LogP contribution >= 0.6 is 23.2 Å². The maximum Gasteiger partial charge on any atom is 0.251 e. The van der Waals surface area contributed by atoms with Crippen LogP contribution in [0.2, 0.25) is 10.0 Å². The zero-order valence-electron chi connectivity index (χ0n) is 16.3. The normalized spacial score (nSPS) is 22.1. The minimum Gasteiger partial charge on any atom is -0.456 e. The van der Waals surface area contributed by atoms with E-state index in [4.69, 9.17) is 27.9 Å². The quantitative estimate of drug-likeness (QED) is 0.525. The van der Waals surface area contributed by atoms with Crippen molar-refractivity contribution < 1.29 is 14.6 Å². The molecule has 0 aromatic heterocycles. The van der Waals surface area contributed by atoms with E-state index < -0.39 is 5.60 Å². The molecule has 2 aromatic carbocycles. The van der Waals surface area contributed by atoms with Crippen molar-refractivity contribution in [2.24, 2.45) is 5.92 Å². The summed E-state index contributed by atoms with van der Waals surface area (Å²) in [6.45, 7) is 5.85. The molecule has 2 N–H and O–H groups in total. The number of carbonyl (C=O) groups excluding carboxylic acids is 1. The van der Waals surface area contributed by atoms with E-state index in [-0.39, 0.29) is 17.9 Å². The van der Waals surface area contributed by atoms with Crippen LogP contribution in [0.3, 0.4) is 0 Å². The van der Waals surface area contributed by atoms with Gasteiger partial charge in [-0.25, -0.2) is 0 Å². The van der Waals surface area contributed by atoms with Crippen LogP contribution in [0.1, 0.15) is 43.0 Å². The lowest BCUT2D eigenvalue weighted by molar-refractivity contribution is 0.0382. The molecule has 1 saturated carbocycles. The molecule has 0 aliphatic heterocycles. The summed E-state index contributed by atoms with van der Waals surface area (Å²) in [5.41, 5.74) is -0.103. The number of hydrogen-bond donors (Lipinski definition) is 2. The van der Waals surface area contributed by atoms with Crippen molar-refractivity contribution >= 4 is 29.1 Å². The number of hydrogen-bond acceptors (Lipinski definition) is 3. The van der Waals surface area contributed by atoms with Gasteiger partial charge in [0.15, 0.2) is 0 Å². The van der Waals surface area contributed by atoms with Gasteiger partial charge in [-0.1, -0.05) is 36.2 Å². The first-order chi connectivity index (χ1) is 13.8. The molecule has 1 amide bonds. The summed E-state index contributed by atoms with van der Waals surface area (Å²) in [5, 5.41) is 14.4. The smallest absolute Gasteiger partial charge is 0.251 e. The number of nitrogens with one attached hydrogen (secondary N) is 1. The topological polar surface area (TPSA) is 58.6 Å². The Labute approximate surface area is 181 Å². The molecular formula is C23H25Cl2NO3. The Kier molecular flexibility index (Phi) is 6.89. The van der Waals surface area contributed by atoms with E-state index in [0.29, 0.717) is 33.5 Å². The lowest BCUT2D eigenvalue weighted by Crippen LogP contribution is -2.39. The van der Waals surface area contributed by atoms with E-state index >= 15 is 0 Å². The van der Waals surface area contributed by atoms with Crippen LogP contribution in [0.5, 0.6) is 11.5 Å².